The summed E-state index contributed by atoms with van der Waals surface area (Å²) in [7, 11) is 1.87. The minimum atomic E-state index is -0.521. The van der Waals surface area contributed by atoms with Crippen molar-refractivity contribution in [3.8, 4) is 0 Å². The van der Waals surface area contributed by atoms with Gasteiger partial charge in [0.15, 0.2) is 0 Å². The molecule has 1 aliphatic carbocycles. The fourth-order valence-electron chi connectivity index (χ4n) is 5.27. The molecule has 1 spiro atoms. The van der Waals surface area contributed by atoms with E-state index in [2.05, 4.69) is 11.5 Å². The molecule has 0 bridgehead atoms. The summed E-state index contributed by atoms with van der Waals surface area (Å²) in [6.07, 6.45) is 5.60. The number of esters is 1. The number of halogens is 2. The van der Waals surface area contributed by atoms with Crippen LogP contribution in [-0.4, -0.2) is 59.5 Å². The van der Waals surface area contributed by atoms with Gasteiger partial charge < -0.3 is 9.64 Å². The Morgan fingerprint density at radius 3 is 2.67 bits per heavy atom. The van der Waals surface area contributed by atoms with Gasteiger partial charge in [0, 0.05) is 31.5 Å². The largest absolute Gasteiger partial charge is 0.455 e. The highest BCUT2D eigenvalue weighted by molar-refractivity contribution is 6.42. The van der Waals surface area contributed by atoms with E-state index in [4.69, 9.17) is 27.9 Å². The van der Waals surface area contributed by atoms with Crippen LogP contribution in [0, 0.1) is 0 Å². The SMILES string of the molecule is C=C1C[C@]2(CC[C@@H](N3CCCC3)[C@H](N(C)C(=O)Cc3ccc(Cl)c(Cl)c3)C2)OC1=O. The first kappa shape index (κ1) is 21.7. The van der Waals surface area contributed by atoms with Crippen molar-refractivity contribution in [1.29, 1.82) is 0 Å². The van der Waals surface area contributed by atoms with E-state index in [1.165, 1.54) is 12.8 Å². The predicted molar refractivity (Wildman–Crippen MR) is 118 cm³/mol. The van der Waals surface area contributed by atoms with E-state index in [1.54, 1.807) is 12.1 Å². The summed E-state index contributed by atoms with van der Waals surface area (Å²) < 4.78 is 5.79. The highest BCUT2D eigenvalue weighted by atomic mass is 35.5. The van der Waals surface area contributed by atoms with Crippen LogP contribution in [0.1, 0.15) is 44.1 Å². The van der Waals surface area contributed by atoms with Crippen LogP contribution in [0.5, 0.6) is 0 Å². The number of ether oxygens (including phenoxy) is 1. The molecule has 3 fully saturated rings. The van der Waals surface area contributed by atoms with E-state index in [9.17, 15) is 9.59 Å². The minimum absolute atomic E-state index is 0.00850. The second-order valence-corrected chi connectivity index (χ2v) is 9.72. The molecule has 162 valence electrons. The third-order valence-electron chi connectivity index (χ3n) is 6.89. The van der Waals surface area contributed by atoms with Gasteiger partial charge >= 0.3 is 5.97 Å². The van der Waals surface area contributed by atoms with Gasteiger partial charge in [0.05, 0.1) is 22.5 Å². The Morgan fingerprint density at radius 2 is 2.03 bits per heavy atom. The molecule has 30 heavy (non-hydrogen) atoms. The average Bonchev–Trinajstić information content (AvgIpc) is 3.33. The lowest BCUT2D eigenvalue weighted by Gasteiger charge is -2.48. The summed E-state index contributed by atoms with van der Waals surface area (Å²) in [6, 6.07) is 5.58. The smallest absolute Gasteiger partial charge is 0.334 e. The van der Waals surface area contributed by atoms with Gasteiger partial charge in [-0.15, -0.1) is 0 Å². The first-order valence-electron chi connectivity index (χ1n) is 10.6. The van der Waals surface area contributed by atoms with Crippen LogP contribution in [-0.2, 0) is 20.7 Å². The van der Waals surface area contributed by atoms with Gasteiger partial charge in [-0.2, -0.15) is 0 Å². The zero-order valence-electron chi connectivity index (χ0n) is 17.3. The second-order valence-electron chi connectivity index (χ2n) is 8.90. The molecule has 3 aliphatic rings. The first-order chi connectivity index (χ1) is 14.3. The summed E-state index contributed by atoms with van der Waals surface area (Å²) in [6.45, 7) is 6.00. The maximum Gasteiger partial charge on any atom is 0.334 e. The second kappa shape index (κ2) is 8.52. The van der Waals surface area contributed by atoms with Gasteiger partial charge in [0.25, 0.3) is 0 Å². The molecule has 1 aromatic rings. The molecule has 2 aliphatic heterocycles. The maximum absolute atomic E-state index is 13.2. The van der Waals surface area contributed by atoms with Crippen LogP contribution >= 0.6 is 23.2 Å². The molecule has 2 heterocycles. The molecule has 1 aromatic carbocycles. The molecule has 0 unspecified atom stereocenters. The van der Waals surface area contributed by atoms with E-state index >= 15 is 0 Å². The molecule has 5 nitrogen and oxygen atoms in total. The van der Waals surface area contributed by atoms with Crippen molar-refractivity contribution < 1.29 is 14.3 Å². The van der Waals surface area contributed by atoms with Crippen molar-refractivity contribution in [1.82, 2.24) is 9.80 Å². The molecular weight excluding hydrogens is 423 g/mol. The van der Waals surface area contributed by atoms with Crippen LogP contribution < -0.4 is 0 Å². The monoisotopic (exact) mass is 450 g/mol. The zero-order valence-corrected chi connectivity index (χ0v) is 18.8. The molecular formula is C23H28Cl2N2O3. The number of carbonyl (C=O) groups excluding carboxylic acids is 2. The van der Waals surface area contributed by atoms with Crippen LogP contribution in [0.25, 0.3) is 0 Å². The third kappa shape index (κ3) is 4.25. The summed E-state index contributed by atoms with van der Waals surface area (Å²) in [5.74, 6) is -0.263. The molecule has 1 amide bonds. The molecule has 0 radical (unpaired) electrons. The fourth-order valence-corrected chi connectivity index (χ4v) is 5.59. The van der Waals surface area contributed by atoms with Gasteiger partial charge in [-0.3, -0.25) is 9.69 Å². The Hall–Kier alpha value is -1.56. The lowest BCUT2D eigenvalue weighted by atomic mass is 9.75. The van der Waals surface area contributed by atoms with Crippen LogP contribution in [0.15, 0.2) is 30.4 Å². The Morgan fingerprint density at radius 1 is 1.30 bits per heavy atom. The van der Waals surface area contributed by atoms with Crippen molar-refractivity contribution in [3.05, 3.63) is 46.0 Å². The number of benzene rings is 1. The minimum Gasteiger partial charge on any atom is -0.455 e. The van der Waals surface area contributed by atoms with Crippen molar-refractivity contribution in [2.45, 2.75) is 62.6 Å². The summed E-state index contributed by atoms with van der Waals surface area (Å²) in [5.41, 5.74) is 0.857. The fraction of sp³-hybridized carbons (Fsp3) is 0.565. The Bertz CT molecular complexity index is 850. The van der Waals surface area contributed by atoms with E-state index in [1.807, 2.05) is 18.0 Å². The first-order valence-corrected chi connectivity index (χ1v) is 11.4. The number of rotatable bonds is 4. The number of nitrogens with zero attached hydrogens (tertiary/aromatic N) is 2. The lowest BCUT2D eigenvalue weighted by molar-refractivity contribution is -0.154. The van der Waals surface area contributed by atoms with Crippen LogP contribution in [0.2, 0.25) is 10.0 Å². The molecule has 2 saturated heterocycles. The highest BCUT2D eigenvalue weighted by Crippen LogP contribution is 2.44. The number of carbonyl (C=O) groups is 2. The van der Waals surface area contributed by atoms with Gasteiger partial charge in [0.2, 0.25) is 5.91 Å². The molecule has 0 N–H and O–H groups in total. The zero-order chi connectivity index (χ0) is 21.5. The van der Waals surface area contributed by atoms with Crippen molar-refractivity contribution in [2.75, 3.05) is 20.1 Å². The maximum atomic E-state index is 13.2. The van der Waals surface area contributed by atoms with Gasteiger partial charge in [-0.05, 0) is 56.5 Å². The predicted octanol–water partition coefficient (Wildman–Crippen LogP) is 4.25. The van der Waals surface area contributed by atoms with Crippen LogP contribution in [0.4, 0.5) is 0 Å². The normalized spacial score (nSPS) is 29.4. The van der Waals surface area contributed by atoms with Gasteiger partial charge in [-0.25, -0.2) is 4.79 Å². The number of hydrogen-bond donors (Lipinski definition) is 0. The molecule has 0 aromatic heterocycles. The van der Waals surface area contributed by atoms with Crippen molar-refractivity contribution in [2.24, 2.45) is 0 Å². The van der Waals surface area contributed by atoms with Gasteiger partial charge in [0.1, 0.15) is 5.60 Å². The quantitative estimate of drug-likeness (QED) is 0.507. The average molecular weight is 451 g/mol. The van der Waals surface area contributed by atoms with Gasteiger partial charge in [-0.1, -0.05) is 35.8 Å². The Labute approximate surface area is 187 Å². The number of hydrogen-bond acceptors (Lipinski definition) is 4. The van der Waals surface area contributed by atoms with E-state index in [0.29, 0.717) is 28.5 Å². The van der Waals surface area contributed by atoms with Crippen molar-refractivity contribution in [3.63, 3.8) is 0 Å². The lowest BCUT2D eigenvalue weighted by Crippen LogP contribution is -2.58. The summed E-state index contributed by atoms with van der Waals surface area (Å²) >= 11 is 12.1. The number of likely N-dealkylation sites (N-methyl/N-ethyl adjacent to an activating group) is 1. The molecule has 4 rings (SSSR count). The molecule has 3 atom stereocenters. The summed E-state index contributed by atoms with van der Waals surface area (Å²) in [4.78, 5) is 29.6. The molecule has 7 heteroatoms. The highest BCUT2D eigenvalue weighted by Gasteiger charge is 2.51. The van der Waals surface area contributed by atoms with Crippen LogP contribution in [0.3, 0.4) is 0 Å². The number of amides is 1. The number of likely N-dealkylation sites (tertiary alicyclic amines) is 1. The third-order valence-corrected chi connectivity index (χ3v) is 7.63. The van der Waals surface area contributed by atoms with E-state index in [0.717, 1.165) is 31.5 Å². The molecule has 1 saturated carbocycles. The summed E-state index contributed by atoms with van der Waals surface area (Å²) in [5, 5.41) is 0.931. The Balaban J connectivity index is 1.54. The van der Waals surface area contributed by atoms with Crippen molar-refractivity contribution >= 4 is 35.1 Å². The Kier molecular flexibility index (Phi) is 6.16. The topological polar surface area (TPSA) is 49.9 Å². The van der Waals surface area contributed by atoms with E-state index in [-0.39, 0.29) is 30.4 Å². The van der Waals surface area contributed by atoms with E-state index < -0.39 is 5.60 Å². The standard InChI is InChI=1S/C23H28Cl2N2O3/c1-15-13-23(30-22(15)29)8-7-19(27-9-3-4-10-27)20(14-23)26(2)21(28)12-16-5-6-17(24)18(25)11-16/h5-6,11,19-20H,1,3-4,7-10,12-14H2,2H3/t19-,20-,23+/m1/s1.